The van der Waals surface area contributed by atoms with Crippen molar-refractivity contribution in [1.82, 2.24) is 10.2 Å². The third-order valence-electron chi connectivity index (χ3n) is 2.47. The number of halogens is 2. The first-order valence-corrected chi connectivity index (χ1v) is 5.14. The van der Waals surface area contributed by atoms with E-state index in [4.69, 9.17) is 0 Å². The maximum Gasteiger partial charge on any atom is 0.236 e. The molecule has 1 amide bonds. The molecular weight excluding hydrogens is 235 g/mol. The van der Waals surface area contributed by atoms with Gasteiger partial charge in [-0.1, -0.05) is 13.8 Å². The highest BCUT2D eigenvalue weighted by molar-refractivity contribution is 5.85. The quantitative estimate of drug-likeness (QED) is 0.834. The van der Waals surface area contributed by atoms with Crippen molar-refractivity contribution in [3.8, 4) is 0 Å². The number of piperazine rings is 1. The van der Waals surface area contributed by atoms with Crippen molar-refractivity contribution < 1.29 is 4.79 Å². The Hall–Kier alpha value is 0.01000. The number of hydrogen-bond donors (Lipinski definition) is 1. The fraction of sp³-hybridized carbons (Fsp3) is 0.900. The fourth-order valence-electron chi connectivity index (χ4n) is 1.81. The van der Waals surface area contributed by atoms with Crippen molar-refractivity contribution in [2.24, 2.45) is 5.92 Å². The Bertz CT molecular complexity index is 188. The lowest BCUT2D eigenvalue weighted by Crippen LogP contribution is -2.54. The second-order valence-electron chi connectivity index (χ2n) is 4.14. The van der Waals surface area contributed by atoms with Crippen LogP contribution in [0.4, 0.5) is 0 Å². The number of hydrogen-bond acceptors (Lipinski definition) is 2. The van der Waals surface area contributed by atoms with Crippen LogP contribution in [0.15, 0.2) is 0 Å². The van der Waals surface area contributed by atoms with Crippen LogP contribution in [0.25, 0.3) is 0 Å². The van der Waals surface area contributed by atoms with Gasteiger partial charge in [0.15, 0.2) is 0 Å². The molecule has 0 aromatic carbocycles. The van der Waals surface area contributed by atoms with E-state index in [-0.39, 0.29) is 30.7 Å². The molecule has 1 rings (SSSR count). The van der Waals surface area contributed by atoms with Gasteiger partial charge in [-0.25, -0.2) is 0 Å². The summed E-state index contributed by atoms with van der Waals surface area (Å²) in [5.74, 6) is 0.937. The largest absolute Gasteiger partial charge is 0.340 e. The maximum absolute atomic E-state index is 11.3. The van der Waals surface area contributed by atoms with Crippen LogP contribution in [0.1, 0.15) is 27.2 Å². The molecule has 1 N–H and O–H groups in total. The summed E-state index contributed by atoms with van der Waals surface area (Å²) in [6, 6.07) is 0.498. The Balaban J connectivity index is 0. The molecule has 1 saturated heterocycles. The Morgan fingerprint density at radius 1 is 1.47 bits per heavy atom. The number of nitrogens with zero attached hydrogens (tertiary/aromatic N) is 1. The van der Waals surface area contributed by atoms with Gasteiger partial charge < -0.3 is 10.2 Å². The molecule has 1 heterocycles. The molecule has 1 fully saturated rings. The molecule has 0 radical (unpaired) electrons. The van der Waals surface area contributed by atoms with Crippen molar-refractivity contribution in [2.45, 2.75) is 33.2 Å². The van der Waals surface area contributed by atoms with Crippen LogP contribution in [-0.2, 0) is 4.79 Å². The van der Waals surface area contributed by atoms with Crippen LogP contribution >= 0.6 is 24.8 Å². The second kappa shape index (κ2) is 8.20. The predicted octanol–water partition coefficient (Wildman–Crippen LogP) is 1.70. The lowest BCUT2D eigenvalue weighted by molar-refractivity contribution is -0.132. The fourth-order valence-corrected chi connectivity index (χ4v) is 1.81. The van der Waals surface area contributed by atoms with Gasteiger partial charge in [0.1, 0.15) is 0 Å². The van der Waals surface area contributed by atoms with Crippen molar-refractivity contribution in [2.75, 3.05) is 19.6 Å². The van der Waals surface area contributed by atoms with Gasteiger partial charge in [-0.05, 0) is 19.3 Å². The molecule has 1 aliphatic heterocycles. The molecular formula is C10H22Cl2N2O. The van der Waals surface area contributed by atoms with Gasteiger partial charge in [0.05, 0.1) is 6.54 Å². The number of likely N-dealkylation sites (N-methyl/N-ethyl adjacent to an activating group) is 1. The summed E-state index contributed by atoms with van der Waals surface area (Å²) in [5, 5.41) is 3.27. The minimum Gasteiger partial charge on any atom is -0.340 e. The van der Waals surface area contributed by atoms with E-state index in [0.29, 0.717) is 18.5 Å². The Morgan fingerprint density at radius 2 is 2.07 bits per heavy atom. The van der Waals surface area contributed by atoms with Crippen LogP contribution in [-0.4, -0.2) is 36.5 Å². The van der Waals surface area contributed by atoms with Gasteiger partial charge in [-0.15, -0.1) is 24.8 Å². The molecule has 1 atom stereocenters. The summed E-state index contributed by atoms with van der Waals surface area (Å²) >= 11 is 0. The highest BCUT2D eigenvalue weighted by atomic mass is 35.5. The highest BCUT2D eigenvalue weighted by Gasteiger charge is 2.23. The zero-order chi connectivity index (χ0) is 9.84. The van der Waals surface area contributed by atoms with E-state index in [1.165, 1.54) is 0 Å². The first kappa shape index (κ1) is 17.4. The SMILES string of the molecule is CCN1C[C@H](CC(C)C)NCC1=O.Cl.Cl. The minimum absolute atomic E-state index is 0. The summed E-state index contributed by atoms with van der Waals surface area (Å²) < 4.78 is 0. The van der Waals surface area contributed by atoms with Crippen molar-refractivity contribution in [1.29, 1.82) is 0 Å². The third kappa shape index (κ3) is 5.59. The van der Waals surface area contributed by atoms with Gasteiger partial charge in [0.25, 0.3) is 0 Å². The smallest absolute Gasteiger partial charge is 0.236 e. The zero-order valence-corrected chi connectivity index (χ0v) is 11.3. The molecule has 0 spiro atoms. The summed E-state index contributed by atoms with van der Waals surface area (Å²) in [6.07, 6.45) is 1.16. The van der Waals surface area contributed by atoms with E-state index in [0.717, 1.165) is 19.5 Å². The van der Waals surface area contributed by atoms with E-state index in [2.05, 4.69) is 19.2 Å². The van der Waals surface area contributed by atoms with Crippen molar-refractivity contribution >= 4 is 30.7 Å². The summed E-state index contributed by atoms with van der Waals surface area (Å²) in [5.41, 5.74) is 0. The maximum atomic E-state index is 11.3. The van der Waals surface area contributed by atoms with Crippen LogP contribution in [0.2, 0.25) is 0 Å². The van der Waals surface area contributed by atoms with Crippen molar-refractivity contribution in [3.63, 3.8) is 0 Å². The molecule has 92 valence electrons. The molecule has 1 aliphatic rings. The first-order chi connectivity index (χ1) is 6.13. The lowest BCUT2D eigenvalue weighted by Gasteiger charge is -2.33. The van der Waals surface area contributed by atoms with Crippen LogP contribution in [0.3, 0.4) is 0 Å². The lowest BCUT2D eigenvalue weighted by atomic mass is 10.0. The Labute approximate surface area is 105 Å². The zero-order valence-electron chi connectivity index (χ0n) is 9.66. The number of carbonyl (C=O) groups is 1. The Kier molecular flexibility index (Phi) is 9.51. The van der Waals surface area contributed by atoms with Crippen LogP contribution in [0.5, 0.6) is 0 Å². The average molecular weight is 257 g/mol. The van der Waals surface area contributed by atoms with E-state index in [9.17, 15) is 4.79 Å². The average Bonchev–Trinajstić information content (AvgIpc) is 2.07. The normalized spacial score (nSPS) is 20.9. The van der Waals surface area contributed by atoms with E-state index >= 15 is 0 Å². The molecule has 3 nitrogen and oxygen atoms in total. The number of carbonyl (C=O) groups excluding carboxylic acids is 1. The minimum atomic E-state index is 0. The van der Waals surface area contributed by atoms with Gasteiger partial charge in [-0.3, -0.25) is 4.79 Å². The van der Waals surface area contributed by atoms with Gasteiger partial charge in [-0.2, -0.15) is 0 Å². The molecule has 15 heavy (non-hydrogen) atoms. The first-order valence-electron chi connectivity index (χ1n) is 5.14. The van der Waals surface area contributed by atoms with E-state index in [1.807, 2.05) is 11.8 Å². The molecule has 0 aromatic rings. The highest BCUT2D eigenvalue weighted by Crippen LogP contribution is 2.09. The van der Waals surface area contributed by atoms with Gasteiger partial charge in [0.2, 0.25) is 5.91 Å². The topological polar surface area (TPSA) is 32.3 Å². The summed E-state index contributed by atoms with van der Waals surface area (Å²) in [4.78, 5) is 13.3. The van der Waals surface area contributed by atoms with Crippen LogP contribution < -0.4 is 5.32 Å². The van der Waals surface area contributed by atoms with Gasteiger partial charge >= 0.3 is 0 Å². The van der Waals surface area contributed by atoms with E-state index in [1.54, 1.807) is 0 Å². The number of nitrogens with one attached hydrogen (secondary N) is 1. The molecule has 0 aliphatic carbocycles. The number of rotatable bonds is 3. The molecule has 0 saturated carbocycles. The van der Waals surface area contributed by atoms with Crippen LogP contribution in [0, 0.1) is 5.92 Å². The molecule has 5 heteroatoms. The monoisotopic (exact) mass is 256 g/mol. The molecule has 0 aromatic heterocycles. The standard InChI is InChI=1S/C10H20N2O.2ClH/c1-4-12-7-9(5-8(2)3)11-6-10(12)13;;/h8-9,11H,4-7H2,1-3H3;2*1H/t9-;;/m0../s1. The van der Waals surface area contributed by atoms with Gasteiger partial charge in [0, 0.05) is 19.1 Å². The summed E-state index contributed by atoms with van der Waals surface area (Å²) in [7, 11) is 0. The second-order valence-corrected chi connectivity index (χ2v) is 4.14. The summed E-state index contributed by atoms with van der Waals surface area (Å²) in [6.45, 7) is 8.71. The number of amides is 1. The predicted molar refractivity (Wildman–Crippen MR) is 68.0 cm³/mol. The van der Waals surface area contributed by atoms with Crippen molar-refractivity contribution in [3.05, 3.63) is 0 Å². The Morgan fingerprint density at radius 3 is 2.53 bits per heavy atom. The molecule has 0 bridgehead atoms. The molecule has 0 unspecified atom stereocenters. The van der Waals surface area contributed by atoms with E-state index < -0.39 is 0 Å². The third-order valence-corrected chi connectivity index (χ3v) is 2.47.